The van der Waals surface area contributed by atoms with E-state index in [0.717, 1.165) is 25.7 Å². The van der Waals surface area contributed by atoms with Crippen LogP contribution in [-0.4, -0.2) is 46.8 Å². The van der Waals surface area contributed by atoms with Crippen molar-refractivity contribution in [1.82, 2.24) is 0 Å². The molecule has 0 aliphatic rings. The number of aliphatic hydroxyl groups excluding tert-OH is 3. The van der Waals surface area contributed by atoms with Crippen LogP contribution in [0.3, 0.4) is 0 Å². The zero-order valence-corrected chi connectivity index (χ0v) is 30.2. The van der Waals surface area contributed by atoms with Crippen LogP contribution in [0.25, 0.3) is 0 Å². The molecule has 0 saturated carbocycles. The van der Waals surface area contributed by atoms with Gasteiger partial charge in [-0.3, -0.25) is 0 Å². The van der Waals surface area contributed by atoms with E-state index in [1.165, 1.54) is 186 Å². The van der Waals surface area contributed by atoms with Gasteiger partial charge < -0.3 is 20.1 Å². The Morgan fingerprint density at radius 1 is 0.386 bits per heavy atom. The average molecular weight is 627 g/mol. The van der Waals surface area contributed by atoms with Gasteiger partial charge in [0.25, 0.3) is 0 Å². The van der Waals surface area contributed by atoms with Crippen molar-refractivity contribution >= 4 is 0 Å². The summed E-state index contributed by atoms with van der Waals surface area (Å²) in [5.41, 5.74) is 0. The molecule has 1 unspecified atom stereocenters. The first-order chi connectivity index (χ1) is 21.7. The Morgan fingerprint density at radius 2 is 0.659 bits per heavy atom. The fraction of sp³-hybridized carbons (Fsp3) is 1.00. The highest BCUT2D eigenvalue weighted by molar-refractivity contribution is 4.76. The van der Waals surface area contributed by atoms with Gasteiger partial charge in [-0.05, 0) is 12.8 Å². The molecule has 0 aromatic heterocycles. The molecule has 0 rings (SSSR count). The van der Waals surface area contributed by atoms with Gasteiger partial charge >= 0.3 is 0 Å². The first kappa shape index (κ1) is 43.8. The summed E-state index contributed by atoms with van der Waals surface area (Å²) in [5, 5.41) is 29.8. The summed E-state index contributed by atoms with van der Waals surface area (Å²) < 4.78 is 6.05. The van der Waals surface area contributed by atoms with Crippen molar-refractivity contribution in [3.05, 3.63) is 0 Å². The fourth-order valence-electron chi connectivity index (χ4n) is 6.49. The molecule has 0 aliphatic carbocycles. The normalized spacial score (nSPS) is 13.8. The van der Waals surface area contributed by atoms with E-state index >= 15 is 0 Å². The van der Waals surface area contributed by atoms with Crippen molar-refractivity contribution in [2.45, 2.75) is 244 Å². The second-order valence-electron chi connectivity index (χ2n) is 14.0. The molecule has 0 heterocycles. The molecule has 0 saturated heterocycles. The minimum atomic E-state index is -1.12. The lowest BCUT2D eigenvalue weighted by Gasteiger charge is -2.26. The van der Waals surface area contributed by atoms with Gasteiger partial charge in [-0.1, -0.05) is 213 Å². The van der Waals surface area contributed by atoms with E-state index in [-0.39, 0.29) is 6.10 Å². The Bertz CT molecular complexity index is 514. The van der Waals surface area contributed by atoms with Crippen LogP contribution >= 0.6 is 0 Å². The fourth-order valence-corrected chi connectivity index (χ4v) is 6.49. The molecule has 0 aromatic carbocycles. The first-order valence-corrected chi connectivity index (χ1v) is 20.3. The van der Waals surface area contributed by atoms with E-state index in [1.54, 1.807) is 0 Å². The summed E-state index contributed by atoms with van der Waals surface area (Å²) >= 11 is 0. The van der Waals surface area contributed by atoms with Crippen molar-refractivity contribution in [3.63, 3.8) is 0 Å². The minimum Gasteiger partial charge on any atom is -0.394 e. The van der Waals surface area contributed by atoms with Gasteiger partial charge in [-0.15, -0.1) is 0 Å². The van der Waals surface area contributed by atoms with Crippen LogP contribution < -0.4 is 0 Å². The third kappa shape index (κ3) is 31.8. The van der Waals surface area contributed by atoms with Crippen molar-refractivity contribution in [2.75, 3.05) is 13.2 Å². The van der Waals surface area contributed by atoms with Crippen molar-refractivity contribution in [1.29, 1.82) is 0 Å². The number of aliphatic hydroxyl groups is 3. The van der Waals surface area contributed by atoms with Crippen LogP contribution in [0, 0.1) is 0 Å². The molecule has 44 heavy (non-hydrogen) atoms. The number of unbranched alkanes of at least 4 members (excludes halogenated alkanes) is 30. The minimum absolute atomic E-state index is 0.375. The topological polar surface area (TPSA) is 69.9 Å². The predicted molar refractivity (Wildman–Crippen MR) is 193 cm³/mol. The quantitative estimate of drug-likeness (QED) is 0.0596. The van der Waals surface area contributed by atoms with Gasteiger partial charge in [-0.25, -0.2) is 0 Å². The Morgan fingerprint density at radius 3 is 0.955 bits per heavy atom. The lowest BCUT2D eigenvalue weighted by atomic mass is 10.00. The molecule has 0 aromatic rings. The third-order valence-electron chi connectivity index (χ3n) is 9.63. The van der Waals surface area contributed by atoms with E-state index in [1.807, 2.05) is 0 Å². The smallest absolute Gasteiger partial charge is 0.108 e. The number of rotatable bonds is 38. The van der Waals surface area contributed by atoms with Crippen LogP contribution in [0.5, 0.6) is 0 Å². The van der Waals surface area contributed by atoms with Gasteiger partial charge in [0.05, 0.1) is 12.7 Å². The van der Waals surface area contributed by atoms with E-state index in [4.69, 9.17) is 4.74 Å². The van der Waals surface area contributed by atoms with Gasteiger partial charge in [0.1, 0.15) is 12.2 Å². The zero-order valence-electron chi connectivity index (χ0n) is 30.2. The van der Waals surface area contributed by atoms with Gasteiger partial charge in [0, 0.05) is 6.61 Å². The number of ether oxygens (including phenoxy) is 1. The molecule has 4 heteroatoms. The first-order valence-electron chi connectivity index (χ1n) is 20.3. The second kappa shape index (κ2) is 37.3. The molecule has 0 bridgehead atoms. The van der Waals surface area contributed by atoms with Gasteiger partial charge in [0.2, 0.25) is 0 Å². The third-order valence-corrected chi connectivity index (χ3v) is 9.63. The summed E-state index contributed by atoms with van der Waals surface area (Å²) in [6, 6.07) is 0. The maximum Gasteiger partial charge on any atom is 0.108 e. The van der Waals surface area contributed by atoms with Gasteiger partial charge in [-0.2, -0.15) is 0 Å². The summed E-state index contributed by atoms with van der Waals surface area (Å²) in [7, 11) is 0. The molecule has 0 radical (unpaired) electrons. The van der Waals surface area contributed by atoms with Crippen molar-refractivity contribution in [3.8, 4) is 0 Å². The monoisotopic (exact) mass is 627 g/mol. The highest BCUT2D eigenvalue weighted by Crippen LogP contribution is 2.18. The number of hydrogen-bond donors (Lipinski definition) is 3. The summed E-state index contributed by atoms with van der Waals surface area (Å²) in [5.74, 6) is 0. The molecular formula is C40H82O4. The van der Waals surface area contributed by atoms with Crippen molar-refractivity contribution in [2.24, 2.45) is 0 Å². The molecule has 0 amide bonds. The lowest BCUT2D eigenvalue weighted by molar-refractivity contribution is -0.105. The average Bonchev–Trinajstić information content (AvgIpc) is 3.04. The zero-order chi connectivity index (χ0) is 32.2. The van der Waals surface area contributed by atoms with E-state index in [9.17, 15) is 15.3 Å². The Labute approximate surface area is 276 Å². The summed E-state index contributed by atoms with van der Waals surface area (Å²) in [4.78, 5) is 0. The molecule has 3 atom stereocenters. The standard InChI is InChI=1S/C40H82O4/c1-3-5-7-9-11-13-15-17-19-21-23-25-27-29-31-33-35-39(40(43)38(42)37-41)44-36-34-32-30-28-26-24-22-20-18-16-14-12-10-8-6-4-2/h38-43H,3-37H2,1-2H3/t38-,39?,40-/m1/s1. The molecule has 0 fully saturated rings. The Balaban J connectivity index is 3.67. The van der Waals surface area contributed by atoms with Gasteiger partial charge in [0.15, 0.2) is 0 Å². The van der Waals surface area contributed by atoms with E-state index in [0.29, 0.717) is 6.61 Å². The molecule has 0 spiro atoms. The predicted octanol–water partition coefficient (Wildman–Crippen LogP) is 12.0. The Hall–Kier alpha value is -0.160. The van der Waals surface area contributed by atoms with E-state index in [2.05, 4.69) is 13.8 Å². The molecule has 4 nitrogen and oxygen atoms in total. The largest absolute Gasteiger partial charge is 0.394 e. The van der Waals surface area contributed by atoms with Crippen molar-refractivity contribution < 1.29 is 20.1 Å². The highest BCUT2D eigenvalue weighted by atomic mass is 16.5. The van der Waals surface area contributed by atoms with Crippen LogP contribution in [0.1, 0.15) is 226 Å². The lowest BCUT2D eigenvalue weighted by Crippen LogP contribution is -2.41. The van der Waals surface area contributed by atoms with E-state index < -0.39 is 18.8 Å². The SMILES string of the molecule is CCCCCCCCCCCCCCCCCCOC(CCCCCCCCCCCCCCCCCC)[C@H](O)[C@H](O)CO. The molecule has 3 N–H and O–H groups in total. The molecular weight excluding hydrogens is 544 g/mol. The maximum absolute atomic E-state index is 10.5. The second-order valence-corrected chi connectivity index (χ2v) is 14.0. The highest BCUT2D eigenvalue weighted by Gasteiger charge is 2.26. The molecule has 0 aliphatic heterocycles. The summed E-state index contributed by atoms with van der Waals surface area (Å²) in [6.07, 6.45) is 41.3. The maximum atomic E-state index is 10.5. The van der Waals surface area contributed by atoms with Crippen LogP contribution in [0.4, 0.5) is 0 Å². The molecule has 266 valence electrons. The van der Waals surface area contributed by atoms with Crippen LogP contribution in [0.2, 0.25) is 0 Å². The van der Waals surface area contributed by atoms with Crippen LogP contribution in [-0.2, 0) is 4.74 Å². The summed E-state index contributed by atoms with van der Waals surface area (Å²) in [6.45, 7) is 4.79. The number of hydrogen-bond acceptors (Lipinski definition) is 4. The van der Waals surface area contributed by atoms with Crippen LogP contribution in [0.15, 0.2) is 0 Å². The Kier molecular flexibility index (Phi) is 37.2.